The summed E-state index contributed by atoms with van der Waals surface area (Å²) in [5.74, 6) is 0.262. The summed E-state index contributed by atoms with van der Waals surface area (Å²) < 4.78 is 17.8. The molecule has 0 amide bonds. The zero-order valence-corrected chi connectivity index (χ0v) is 20.8. The Kier molecular flexibility index (Phi) is 6.31. The molecule has 0 unspecified atom stereocenters. The molecule has 0 aliphatic carbocycles. The lowest BCUT2D eigenvalue weighted by molar-refractivity contribution is 0.386. The number of benzene rings is 2. The van der Waals surface area contributed by atoms with Gasteiger partial charge in [0.15, 0.2) is 16.3 Å². The van der Waals surface area contributed by atoms with Crippen molar-refractivity contribution >= 4 is 40.1 Å². The second kappa shape index (κ2) is 9.57. The molecule has 5 rings (SSSR count). The fraction of sp³-hybridized carbons (Fsp3) is 0.280. The number of hydrogen-bond acceptors (Lipinski definition) is 5. The first-order valence-corrected chi connectivity index (χ1v) is 12.0. The zero-order chi connectivity index (χ0) is 25.4. The highest BCUT2D eigenvalue weighted by Gasteiger charge is 2.26. The number of nitrogens with one attached hydrogen (secondary N) is 1. The van der Waals surface area contributed by atoms with Gasteiger partial charge in [0.2, 0.25) is 5.95 Å². The SMILES string of the molecule is Cn1c(=O)c2c(nc(N3CCN(C(=S)Nc4ccccc4)CC3)n2Cc2ccc(F)cc2)n(C)c1=O. The number of nitrogens with zero attached hydrogens (tertiary/aromatic N) is 6. The summed E-state index contributed by atoms with van der Waals surface area (Å²) in [7, 11) is 3.06. The van der Waals surface area contributed by atoms with Crippen molar-refractivity contribution in [2.45, 2.75) is 6.54 Å². The van der Waals surface area contributed by atoms with Crippen LogP contribution >= 0.6 is 12.2 Å². The first-order chi connectivity index (χ1) is 17.3. The van der Waals surface area contributed by atoms with Crippen molar-refractivity contribution < 1.29 is 4.39 Å². The van der Waals surface area contributed by atoms with Crippen molar-refractivity contribution in [1.29, 1.82) is 0 Å². The molecular weight excluding hydrogens is 481 g/mol. The molecule has 0 bridgehead atoms. The smallest absolute Gasteiger partial charge is 0.332 e. The molecule has 1 aliphatic rings. The minimum Gasteiger partial charge on any atom is -0.345 e. The van der Waals surface area contributed by atoms with Crippen LogP contribution in [0.1, 0.15) is 5.56 Å². The molecule has 0 atom stereocenters. The first-order valence-electron chi connectivity index (χ1n) is 11.6. The fourth-order valence-electron chi connectivity index (χ4n) is 4.43. The summed E-state index contributed by atoms with van der Waals surface area (Å²) in [4.78, 5) is 34.6. The third-order valence-electron chi connectivity index (χ3n) is 6.46. The van der Waals surface area contributed by atoms with Crippen molar-refractivity contribution in [3.05, 3.63) is 86.8 Å². The van der Waals surface area contributed by atoms with E-state index in [-0.39, 0.29) is 5.82 Å². The van der Waals surface area contributed by atoms with Gasteiger partial charge in [0.25, 0.3) is 5.56 Å². The number of anilines is 2. The molecule has 3 heterocycles. The minimum atomic E-state index is -0.437. The standard InChI is InChI=1S/C25H26FN7O2S/c1-29-21-20(22(34)30(2)25(29)35)33(16-17-8-10-18(26)11-9-17)23(28-21)31-12-14-32(15-13-31)24(36)27-19-6-4-3-5-7-19/h3-11H,12-16H2,1-2H3,(H,27,36). The van der Waals surface area contributed by atoms with Gasteiger partial charge in [-0.3, -0.25) is 18.5 Å². The number of hydrogen-bond donors (Lipinski definition) is 1. The monoisotopic (exact) mass is 507 g/mol. The average Bonchev–Trinajstić information content (AvgIpc) is 3.27. The molecule has 186 valence electrons. The lowest BCUT2D eigenvalue weighted by atomic mass is 10.2. The van der Waals surface area contributed by atoms with E-state index in [1.807, 2.05) is 34.9 Å². The van der Waals surface area contributed by atoms with Crippen LogP contribution in [-0.4, -0.2) is 54.9 Å². The molecule has 1 fully saturated rings. The number of fused-ring (bicyclic) bond motifs is 1. The Bertz CT molecular complexity index is 1540. The van der Waals surface area contributed by atoms with Gasteiger partial charge >= 0.3 is 5.69 Å². The van der Waals surface area contributed by atoms with Crippen molar-refractivity contribution in [2.24, 2.45) is 14.1 Å². The third kappa shape index (κ3) is 4.37. The van der Waals surface area contributed by atoms with Gasteiger partial charge in [-0.2, -0.15) is 4.98 Å². The van der Waals surface area contributed by atoms with E-state index in [2.05, 4.69) is 15.1 Å². The average molecular weight is 508 g/mol. The molecule has 1 aliphatic heterocycles. The lowest BCUT2D eigenvalue weighted by Gasteiger charge is -2.36. The molecule has 2 aromatic carbocycles. The number of imidazole rings is 1. The molecule has 1 N–H and O–H groups in total. The number of thiocarbonyl (C=S) groups is 1. The second-order valence-corrected chi connectivity index (χ2v) is 9.16. The molecule has 0 spiro atoms. The Morgan fingerprint density at radius 3 is 2.31 bits per heavy atom. The highest BCUT2D eigenvalue weighted by atomic mass is 32.1. The van der Waals surface area contributed by atoms with Crippen LogP contribution < -0.4 is 21.5 Å². The maximum atomic E-state index is 13.5. The number of aryl methyl sites for hydroxylation is 1. The minimum absolute atomic E-state index is 0.313. The van der Waals surface area contributed by atoms with E-state index in [0.717, 1.165) is 15.8 Å². The predicted octanol–water partition coefficient (Wildman–Crippen LogP) is 2.14. The van der Waals surface area contributed by atoms with Gasteiger partial charge < -0.3 is 15.1 Å². The summed E-state index contributed by atoms with van der Waals surface area (Å²) in [6.07, 6.45) is 0. The third-order valence-corrected chi connectivity index (χ3v) is 6.82. The Morgan fingerprint density at radius 1 is 0.972 bits per heavy atom. The van der Waals surface area contributed by atoms with E-state index >= 15 is 0 Å². The van der Waals surface area contributed by atoms with E-state index in [1.165, 1.54) is 23.7 Å². The molecule has 0 saturated carbocycles. The van der Waals surface area contributed by atoms with E-state index in [0.29, 0.717) is 54.9 Å². The van der Waals surface area contributed by atoms with E-state index in [9.17, 15) is 14.0 Å². The summed E-state index contributed by atoms with van der Waals surface area (Å²) in [5, 5.41) is 3.92. The van der Waals surface area contributed by atoms with E-state index in [4.69, 9.17) is 17.2 Å². The van der Waals surface area contributed by atoms with Crippen LogP contribution in [0.25, 0.3) is 11.2 Å². The van der Waals surface area contributed by atoms with Gasteiger partial charge in [0.05, 0.1) is 6.54 Å². The molecule has 0 radical (unpaired) electrons. The summed E-state index contributed by atoms with van der Waals surface area (Å²) in [5.41, 5.74) is 1.56. The van der Waals surface area contributed by atoms with Crippen LogP contribution in [0.4, 0.5) is 16.0 Å². The molecule has 36 heavy (non-hydrogen) atoms. The fourth-order valence-corrected chi connectivity index (χ4v) is 4.73. The van der Waals surface area contributed by atoms with Gasteiger partial charge in [-0.05, 0) is 42.0 Å². The lowest BCUT2D eigenvalue weighted by Crippen LogP contribution is -2.50. The summed E-state index contributed by atoms with van der Waals surface area (Å²) >= 11 is 5.61. The Morgan fingerprint density at radius 2 is 1.64 bits per heavy atom. The summed E-state index contributed by atoms with van der Waals surface area (Å²) in [6, 6.07) is 15.9. The van der Waals surface area contributed by atoms with Gasteiger partial charge in [-0.1, -0.05) is 30.3 Å². The number of rotatable bonds is 4. The van der Waals surface area contributed by atoms with Crippen LogP contribution in [0.5, 0.6) is 0 Å². The van der Waals surface area contributed by atoms with Crippen molar-refractivity contribution in [3.63, 3.8) is 0 Å². The number of para-hydroxylation sites is 1. The van der Waals surface area contributed by atoms with Crippen LogP contribution in [0.15, 0.2) is 64.2 Å². The Hall–Kier alpha value is -3.99. The molecule has 4 aromatic rings. The van der Waals surface area contributed by atoms with Crippen molar-refractivity contribution in [2.75, 3.05) is 36.4 Å². The Balaban J connectivity index is 1.46. The van der Waals surface area contributed by atoms with Gasteiger partial charge in [0, 0.05) is 46.0 Å². The maximum Gasteiger partial charge on any atom is 0.332 e. The van der Waals surface area contributed by atoms with E-state index < -0.39 is 11.2 Å². The normalized spacial score (nSPS) is 13.9. The van der Waals surface area contributed by atoms with Crippen LogP contribution in [0.2, 0.25) is 0 Å². The maximum absolute atomic E-state index is 13.5. The number of halogens is 1. The molecule has 1 saturated heterocycles. The summed E-state index contributed by atoms with van der Waals surface area (Å²) in [6.45, 7) is 2.88. The van der Waals surface area contributed by atoms with Crippen LogP contribution in [-0.2, 0) is 20.6 Å². The molecule has 11 heteroatoms. The van der Waals surface area contributed by atoms with Gasteiger partial charge in [-0.15, -0.1) is 0 Å². The topological polar surface area (TPSA) is 80.3 Å². The van der Waals surface area contributed by atoms with E-state index in [1.54, 1.807) is 19.2 Å². The second-order valence-electron chi connectivity index (χ2n) is 8.77. The highest BCUT2D eigenvalue weighted by Crippen LogP contribution is 2.23. The van der Waals surface area contributed by atoms with Gasteiger partial charge in [0.1, 0.15) is 5.82 Å². The highest BCUT2D eigenvalue weighted by molar-refractivity contribution is 7.80. The van der Waals surface area contributed by atoms with Crippen molar-refractivity contribution in [1.82, 2.24) is 23.6 Å². The molecular formula is C25H26FN7O2S. The van der Waals surface area contributed by atoms with Crippen LogP contribution in [0, 0.1) is 5.82 Å². The van der Waals surface area contributed by atoms with Gasteiger partial charge in [-0.25, -0.2) is 9.18 Å². The largest absolute Gasteiger partial charge is 0.345 e. The first kappa shape index (κ1) is 23.7. The van der Waals surface area contributed by atoms with Crippen LogP contribution in [0.3, 0.4) is 0 Å². The zero-order valence-electron chi connectivity index (χ0n) is 20.0. The number of aromatic nitrogens is 4. The quantitative estimate of drug-likeness (QED) is 0.424. The molecule has 9 nitrogen and oxygen atoms in total. The van der Waals surface area contributed by atoms with Crippen molar-refractivity contribution in [3.8, 4) is 0 Å². The predicted molar refractivity (Wildman–Crippen MR) is 142 cm³/mol. The molecule has 2 aromatic heterocycles. The Labute approximate surface area is 212 Å². The number of piperazine rings is 1.